The highest BCUT2D eigenvalue weighted by atomic mass is 16.2. The van der Waals surface area contributed by atoms with Crippen LogP contribution >= 0.6 is 0 Å². The Morgan fingerprint density at radius 1 is 1.31 bits per heavy atom. The summed E-state index contributed by atoms with van der Waals surface area (Å²) < 4.78 is 0. The molecule has 0 aliphatic heterocycles. The SMILES string of the molecule is CCCNC(=O)C(C)NCC(=O)N(C)CC. The van der Waals surface area contributed by atoms with Crippen molar-refractivity contribution < 1.29 is 9.59 Å². The zero-order chi connectivity index (χ0) is 12.6. The maximum atomic E-state index is 11.5. The van der Waals surface area contributed by atoms with Crippen LogP contribution in [0.25, 0.3) is 0 Å². The molecule has 0 fully saturated rings. The Kier molecular flexibility index (Phi) is 7.54. The van der Waals surface area contributed by atoms with Gasteiger partial charge in [-0.15, -0.1) is 0 Å². The van der Waals surface area contributed by atoms with Crippen LogP contribution in [0.1, 0.15) is 27.2 Å². The second kappa shape index (κ2) is 8.10. The highest BCUT2D eigenvalue weighted by molar-refractivity contribution is 5.83. The van der Waals surface area contributed by atoms with Gasteiger partial charge in [0, 0.05) is 20.1 Å². The Bertz CT molecular complexity index is 231. The summed E-state index contributed by atoms with van der Waals surface area (Å²) >= 11 is 0. The smallest absolute Gasteiger partial charge is 0.236 e. The van der Waals surface area contributed by atoms with E-state index in [1.54, 1.807) is 18.9 Å². The molecule has 5 nitrogen and oxygen atoms in total. The van der Waals surface area contributed by atoms with E-state index in [-0.39, 0.29) is 24.4 Å². The summed E-state index contributed by atoms with van der Waals surface area (Å²) in [7, 11) is 1.74. The molecule has 0 aromatic rings. The van der Waals surface area contributed by atoms with Crippen LogP contribution in [0, 0.1) is 0 Å². The first-order valence-corrected chi connectivity index (χ1v) is 5.77. The van der Waals surface area contributed by atoms with Gasteiger partial charge in [0.1, 0.15) is 0 Å². The lowest BCUT2D eigenvalue weighted by Crippen LogP contribution is -2.46. The summed E-state index contributed by atoms with van der Waals surface area (Å²) in [6.45, 7) is 7.22. The number of carbonyl (C=O) groups excluding carboxylic acids is 2. The standard InChI is InChI=1S/C11H23N3O2/c1-5-7-12-11(16)9(3)13-8-10(15)14(4)6-2/h9,13H,5-8H2,1-4H3,(H,12,16). The van der Waals surface area contributed by atoms with Gasteiger partial charge in [0.2, 0.25) is 11.8 Å². The Labute approximate surface area is 97.6 Å². The van der Waals surface area contributed by atoms with Crippen molar-refractivity contribution in [2.24, 2.45) is 0 Å². The highest BCUT2D eigenvalue weighted by Crippen LogP contribution is 1.86. The third-order valence-electron chi connectivity index (χ3n) is 2.40. The van der Waals surface area contributed by atoms with Crippen molar-refractivity contribution in [2.45, 2.75) is 33.2 Å². The summed E-state index contributed by atoms with van der Waals surface area (Å²) in [6.07, 6.45) is 0.913. The molecule has 0 radical (unpaired) electrons. The van der Waals surface area contributed by atoms with Crippen LogP contribution < -0.4 is 10.6 Å². The fourth-order valence-corrected chi connectivity index (χ4v) is 1.05. The van der Waals surface area contributed by atoms with Gasteiger partial charge in [0.05, 0.1) is 12.6 Å². The Balaban J connectivity index is 3.83. The molecule has 0 aliphatic rings. The van der Waals surface area contributed by atoms with E-state index in [0.29, 0.717) is 13.1 Å². The minimum Gasteiger partial charge on any atom is -0.355 e. The van der Waals surface area contributed by atoms with E-state index in [4.69, 9.17) is 0 Å². The van der Waals surface area contributed by atoms with E-state index >= 15 is 0 Å². The summed E-state index contributed by atoms with van der Waals surface area (Å²) in [5.41, 5.74) is 0. The van der Waals surface area contributed by atoms with Crippen molar-refractivity contribution in [3.05, 3.63) is 0 Å². The topological polar surface area (TPSA) is 61.4 Å². The average Bonchev–Trinajstić information content (AvgIpc) is 2.31. The number of amides is 2. The van der Waals surface area contributed by atoms with Crippen molar-refractivity contribution in [3.8, 4) is 0 Å². The molecule has 16 heavy (non-hydrogen) atoms. The number of rotatable bonds is 7. The maximum absolute atomic E-state index is 11.5. The average molecular weight is 229 g/mol. The van der Waals surface area contributed by atoms with Gasteiger partial charge < -0.3 is 10.2 Å². The van der Waals surface area contributed by atoms with Gasteiger partial charge in [-0.2, -0.15) is 0 Å². The molecule has 0 aromatic heterocycles. The Morgan fingerprint density at radius 2 is 1.94 bits per heavy atom. The van der Waals surface area contributed by atoms with E-state index < -0.39 is 0 Å². The fraction of sp³-hybridized carbons (Fsp3) is 0.818. The lowest BCUT2D eigenvalue weighted by atomic mass is 10.3. The molecule has 0 aromatic carbocycles. The predicted octanol–water partition coefficient (Wildman–Crippen LogP) is -0.0310. The molecule has 0 saturated heterocycles. The monoisotopic (exact) mass is 229 g/mol. The van der Waals surface area contributed by atoms with Crippen LogP contribution in [-0.4, -0.2) is 49.4 Å². The summed E-state index contributed by atoms with van der Waals surface area (Å²) in [6, 6.07) is -0.333. The van der Waals surface area contributed by atoms with Crippen molar-refractivity contribution in [1.82, 2.24) is 15.5 Å². The summed E-state index contributed by atoms with van der Waals surface area (Å²) in [5, 5.41) is 5.68. The Hall–Kier alpha value is -1.10. The van der Waals surface area contributed by atoms with Crippen LogP contribution in [0.3, 0.4) is 0 Å². The molecule has 1 unspecified atom stereocenters. The lowest BCUT2D eigenvalue weighted by Gasteiger charge is -2.17. The molecule has 0 heterocycles. The summed E-state index contributed by atoms with van der Waals surface area (Å²) in [5.74, 6) is -0.0635. The first-order chi connectivity index (χ1) is 7.52. The summed E-state index contributed by atoms with van der Waals surface area (Å²) in [4.78, 5) is 24.5. The minimum atomic E-state index is -0.333. The van der Waals surface area contributed by atoms with Crippen molar-refractivity contribution in [2.75, 3.05) is 26.7 Å². The first kappa shape index (κ1) is 14.9. The largest absolute Gasteiger partial charge is 0.355 e. The number of carbonyl (C=O) groups is 2. The van der Waals surface area contributed by atoms with Gasteiger partial charge in [0.15, 0.2) is 0 Å². The fourth-order valence-electron chi connectivity index (χ4n) is 1.05. The van der Waals surface area contributed by atoms with E-state index in [2.05, 4.69) is 10.6 Å². The number of nitrogens with zero attached hydrogens (tertiary/aromatic N) is 1. The van der Waals surface area contributed by atoms with Gasteiger partial charge in [-0.05, 0) is 20.3 Å². The molecule has 2 amide bonds. The molecule has 0 saturated carbocycles. The molecule has 94 valence electrons. The zero-order valence-corrected chi connectivity index (χ0v) is 10.7. The van der Waals surface area contributed by atoms with Crippen molar-refractivity contribution >= 4 is 11.8 Å². The first-order valence-electron chi connectivity index (χ1n) is 5.77. The molecule has 2 N–H and O–H groups in total. The molecule has 1 atom stereocenters. The number of likely N-dealkylation sites (N-methyl/N-ethyl adjacent to an activating group) is 1. The van der Waals surface area contributed by atoms with E-state index in [9.17, 15) is 9.59 Å². The molecule has 0 aliphatic carbocycles. The molecule has 0 spiro atoms. The Morgan fingerprint density at radius 3 is 2.44 bits per heavy atom. The highest BCUT2D eigenvalue weighted by Gasteiger charge is 2.13. The number of nitrogens with one attached hydrogen (secondary N) is 2. The van der Waals surface area contributed by atoms with Gasteiger partial charge in [-0.3, -0.25) is 14.9 Å². The van der Waals surface area contributed by atoms with Crippen LogP contribution in [-0.2, 0) is 9.59 Å². The minimum absolute atomic E-state index is 0.00218. The normalized spacial score (nSPS) is 12.0. The molecule has 5 heteroatoms. The third kappa shape index (κ3) is 5.70. The van der Waals surface area contributed by atoms with E-state index in [1.165, 1.54) is 0 Å². The molecule has 0 bridgehead atoms. The number of hydrogen-bond donors (Lipinski definition) is 2. The van der Waals surface area contributed by atoms with Gasteiger partial charge in [-0.25, -0.2) is 0 Å². The second-order valence-corrected chi connectivity index (χ2v) is 3.80. The quantitative estimate of drug-likeness (QED) is 0.644. The number of hydrogen-bond acceptors (Lipinski definition) is 3. The zero-order valence-electron chi connectivity index (χ0n) is 10.7. The maximum Gasteiger partial charge on any atom is 0.236 e. The van der Waals surface area contributed by atoms with Crippen LogP contribution in [0.15, 0.2) is 0 Å². The molecular weight excluding hydrogens is 206 g/mol. The van der Waals surface area contributed by atoms with E-state index in [0.717, 1.165) is 6.42 Å². The van der Waals surface area contributed by atoms with Gasteiger partial charge in [0.25, 0.3) is 0 Å². The van der Waals surface area contributed by atoms with Crippen LogP contribution in [0.4, 0.5) is 0 Å². The van der Waals surface area contributed by atoms with Crippen molar-refractivity contribution in [1.29, 1.82) is 0 Å². The van der Waals surface area contributed by atoms with E-state index in [1.807, 2.05) is 13.8 Å². The van der Waals surface area contributed by atoms with Gasteiger partial charge >= 0.3 is 0 Å². The predicted molar refractivity (Wildman–Crippen MR) is 64.1 cm³/mol. The second-order valence-electron chi connectivity index (χ2n) is 3.80. The lowest BCUT2D eigenvalue weighted by molar-refractivity contribution is -0.129. The third-order valence-corrected chi connectivity index (χ3v) is 2.40. The van der Waals surface area contributed by atoms with Crippen molar-refractivity contribution in [3.63, 3.8) is 0 Å². The molecular formula is C11H23N3O2. The van der Waals surface area contributed by atoms with Crippen LogP contribution in [0.2, 0.25) is 0 Å². The van der Waals surface area contributed by atoms with Gasteiger partial charge in [-0.1, -0.05) is 6.92 Å². The molecule has 0 rings (SSSR count). The van der Waals surface area contributed by atoms with Crippen LogP contribution in [0.5, 0.6) is 0 Å².